The maximum atomic E-state index is 11.9. The number of anilines is 1. The number of fused-ring (bicyclic) bond motifs is 3. The van der Waals surface area contributed by atoms with Crippen LogP contribution in [0.25, 0.3) is 10.2 Å². The molecule has 3 rings (SSSR count). The normalized spacial score (nSPS) is 18.0. The maximum Gasteiger partial charge on any atom is 0.350 e. The zero-order valence-corrected chi connectivity index (χ0v) is 12.5. The molecule has 5 heteroatoms. The van der Waals surface area contributed by atoms with Crippen molar-refractivity contribution in [1.82, 2.24) is 4.98 Å². The summed E-state index contributed by atoms with van der Waals surface area (Å²) in [5.41, 5.74) is 9.30. The van der Waals surface area contributed by atoms with Gasteiger partial charge in [0.15, 0.2) is 0 Å². The molecule has 20 heavy (non-hydrogen) atoms. The van der Waals surface area contributed by atoms with Gasteiger partial charge < -0.3 is 10.5 Å². The molecule has 0 spiro atoms. The van der Waals surface area contributed by atoms with Crippen molar-refractivity contribution in [2.24, 2.45) is 5.92 Å². The van der Waals surface area contributed by atoms with E-state index in [9.17, 15) is 4.79 Å². The first-order chi connectivity index (χ1) is 9.61. The van der Waals surface area contributed by atoms with Gasteiger partial charge in [-0.15, -0.1) is 11.3 Å². The number of aromatic nitrogens is 1. The standard InChI is InChI=1S/C15H18N2O2S/c1-3-19-15(18)13-12(16)11-10-6-8(2)4-5-9(10)7-17-14(11)20-13/h7-8H,3-6,16H2,1-2H3/t8-/m1/s1. The predicted molar refractivity (Wildman–Crippen MR) is 81.2 cm³/mol. The predicted octanol–water partition coefficient (Wildman–Crippen LogP) is 3.18. The van der Waals surface area contributed by atoms with Gasteiger partial charge in [-0.05, 0) is 43.2 Å². The van der Waals surface area contributed by atoms with Crippen LogP contribution in [0.4, 0.5) is 5.69 Å². The van der Waals surface area contributed by atoms with Gasteiger partial charge >= 0.3 is 5.97 Å². The first-order valence-electron chi connectivity index (χ1n) is 6.97. The largest absolute Gasteiger partial charge is 0.462 e. The van der Waals surface area contributed by atoms with Crippen LogP contribution in [0, 0.1) is 5.92 Å². The highest BCUT2D eigenvalue weighted by Gasteiger charge is 2.24. The van der Waals surface area contributed by atoms with Gasteiger partial charge in [0.2, 0.25) is 0 Å². The summed E-state index contributed by atoms with van der Waals surface area (Å²) in [5.74, 6) is 0.309. The Bertz CT molecular complexity index is 678. The third kappa shape index (κ3) is 2.06. The van der Waals surface area contributed by atoms with E-state index in [1.54, 1.807) is 6.92 Å². The number of ether oxygens (including phenoxy) is 1. The van der Waals surface area contributed by atoms with E-state index < -0.39 is 0 Å². The van der Waals surface area contributed by atoms with E-state index in [-0.39, 0.29) is 5.97 Å². The van der Waals surface area contributed by atoms with Crippen molar-refractivity contribution in [3.63, 3.8) is 0 Å². The fourth-order valence-corrected chi connectivity index (χ4v) is 3.83. The Balaban J connectivity index is 2.17. The molecule has 1 aliphatic rings. The SMILES string of the molecule is CCOC(=O)c1sc2ncc3c(c2c1N)C[C@H](C)CC3. The number of hydrogen-bond donors (Lipinski definition) is 1. The maximum absolute atomic E-state index is 11.9. The van der Waals surface area contributed by atoms with Crippen LogP contribution < -0.4 is 5.73 Å². The van der Waals surface area contributed by atoms with Gasteiger partial charge in [0, 0.05) is 11.6 Å². The number of hydrogen-bond acceptors (Lipinski definition) is 5. The van der Waals surface area contributed by atoms with Crippen molar-refractivity contribution >= 4 is 33.2 Å². The number of pyridine rings is 1. The summed E-state index contributed by atoms with van der Waals surface area (Å²) >= 11 is 1.34. The second-order valence-corrected chi connectivity index (χ2v) is 6.35. The topological polar surface area (TPSA) is 65.2 Å². The minimum Gasteiger partial charge on any atom is -0.462 e. The molecule has 106 valence electrons. The lowest BCUT2D eigenvalue weighted by molar-refractivity contribution is 0.0533. The van der Waals surface area contributed by atoms with Gasteiger partial charge in [-0.25, -0.2) is 9.78 Å². The number of nitrogens with zero attached hydrogens (tertiary/aromatic N) is 1. The molecule has 4 nitrogen and oxygen atoms in total. The quantitative estimate of drug-likeness (QED) is 0.863. The van der Waals surface area contributed by atoms with E-state index in [0.717, 1.165) is 23.1 Å². The minimum atomic E-state index is -0.342. The number of nitrogens with two attached hydrogens (primary N) is 1. The number of carbonyl (C=O) groups is 1. The van der Waals surface area contributed by atoms with Gasteiger partial charge in [-0.1, -0.05) is 6.92 Å². The van der Waals surface area contributed by atoms with E-state index in [4.69, 9.17) is 10.5 Å². The Morgan fingerprint density at radius 3 is 3.15 bits per heavy atom. The molecule has 2 aromatic rings. The molecule has 0 bridgehead atoms. The Morgan fingerprint density at radius 2 is 2.40 bits per heavy atom. The highest BCUT2D eigenvalue weighted by Crippen LogP contribution is 2.39. The molecule has 0 amide bonds. The molecule has 2 heterocycles. The Kier molecular flexibility index (Phi) is 3.38. The summed E-state index contributed by atoms with van der Waals surface area (Å²) in [7, 11) is 0. The van der Waals surface area contributed by atoms with Crippen LogP contribution in [0.5, 0.6) is 0 Å². The number of thiophene rings is 1. The smallest absolute Gasteiger partial charge is 0.350 e. The second-order valence-electron chi connectivity index (χ2n) is 5.36. The van der Waals surface area contributed by atoms with E-state index in [2.05, 4.69) is 11.9 Å². The molecule has 0 radical (unpaired) electrons. The van der Waals surface area contributed by atoms with E-state index in [1.165, 1.54) is 28.9 Å². The zero-order valence-electron chi connectivity index (χ0n) is 11.7. The fourth-order valence-electron chi connectivity index (χ4n) is 2.84. The minimum absolute atomic E-state index is 0.342. The van der Waals surface area contributed by atoms with Gasteiger partial charge in [0.05, 0.1) is 12.3 Å². The van der Waals surface area contributed by atoms with Crippen molar-refractivity contribution in [1.29, 1.82) is 0 Å². The number of aryl methyl sites for hydroxylation is 1. The summed E-state index contributed by atoms with van der Waals surface area (Å²) in [6.45, 7) is 4.41. The Morgan fingerprint density at radius 1 is 1.60 bits per heavy atom. The molecule has 0 fully saturated rings. The summed E-state index contributed by atoms with van der Waals surface area (Å²) in [6.07, 6.45) is 5.18. The van der Waals surface area contributed by atoms with Crippen LogP contribution in [-0.4, -0.2) is 17.6 Å². The van der Waals surface area contributed by atoms with Gasteiger partial charge in [-0.3, -0.25) is 0 Å². The van der Waals surface area contributed by atoms with E-state index >= 15 is 0 Å². The molecule has 0 saturated carbocycles. The molecule has 2 N–H and O–H groups in total. The second kappa shape index (κ2) is 5.05. The number of nitrogen functional groups attached to an aromatic ring is 1. The first kappa shape index (κ1) is 13.4. The average molecular weight is 290 g/mol. The highest BCUT2D eigenvalue weighted by atomic mass is 32.1. The highest BCUT2D eigenvalue weighted by molar-refractivity contribution is 7.21. The first-order valence-corrected chi connectivity index (χ1v) is 7.79. The summed E-state index contributed by atoms with van der Waals surface area (Å²) < 4.78 is 5.07. The molecule has 0 unspecified atom stereocenters. The Labute approximate surface area is 122 Å². The van der Waals surface area contributed by atoms with Crippen molar-refractivity contribution in [2.45, 2.75) is 33.1 Å². The van der Waals surface area contributed by atoms with Crippen molar-refractivity contribution in [3.05, 3.63) is 22.2 Å². The molecule has 0 saturated heterocycles. The van der Waals surface area contributed by atoms with Crippen molar-refractivity contribution in [2.75, 3.05) is 12.3 Å². The lowest BCUT2D eigenvalue weighted by atomic mass is 9.84. The van der Waals surface area contributed by atoms with Crippen LogP contribution in [0.3, 0.4) is 0 Å². The molecule has 0 aromatic carbocycles. The van der Waals surface area contributed by atoms with E-state index in [0.29, 0.717) is 23.1 Å². The number of rotatable bonds is 2. The monoisotopic (exact) mass is 290 g/mol. The van der Waals surface area contributed by atoms with Crippen molar-refractivity contribution < 1.29 is 9.53 Å². The molecular formula is C15H18N2O2S. The lowest BCUT2D eigenvalue weighted by Crippen LogP contribution is -2.12. The molecule has 0 aliphatic heterocycles. The van der Waals surface area contributed by atoms with Gasteiger partial charge in [0.1, 0.15) is 9.71 Å². The fraction of sp³-hybridized carbons (Fsp3) is 0.467. The molecular weight excluding hydrogens is 272 g/mol. The van der Waals surface area contributed by atoms with Crippen molar-refractivity contribution in [3.8, 4) is 0 Å². The van der Waals surface area contributed by atoms with Gasteiger partial charge in [-0.2, -0.15) is 0 Å². The summed E-state index contributed by atoms with van der Waals surface area (Å²) in [6, 6.07) is 0. The van der Waals surface area contributed by atoms with Crippen LogP contribution >= 0.6 is 11.3 Å². The zero-order chi connectivity index (χ0) is 14.3. The van der Waals surface area contributed by atoms with Crippen LogP contribution in [0.1, 0.15) is 41.1 Å². The number of carbonyl (C=O) groups excluding carboxylic acids is 1. The van der Waals surface area contributed by atoms with Gasteiger partial charge in [0.25, 0.3) is 0 Å². The summed E-state index contributed by atoms with van der Waals surface area (Å²) in [5, 5.41) is 0.974. The third-order valence-electron chi connectivity index (χ3n) is 3.87. The lowest BCUT2D eigenvalue weighted by Gasteiger charge is -2.21. The summed E-state index contributed by atoms with van der Waals surface area (Å²) in [4.78, 5) is 17.8. The molecule has 1 aliphatic carbocycles. The molecule has 1 atom stereocenters. The third-order valence-corrected chi connectivity index (χ3v) is 4.97. The Hall–Kier alpha value is -1.62. The van der Waals surface area contributed by atoms with Crippen LogP contribution in [0.15, 0.2) is 6.20 Å². The van der Waals surface area contributed by atoms with Crippen LogP contribution in [0.2, 0.25) is 0 Å². The average Bonchev–Trinajstić information content (AvgIpc) is 2.77. The molecule has 2 aromatic heterocycles. The van der Waals surface area contributed by atoms with E-state index in [1.807, 2.05) is 6.20 Å². The number of esters is 1. The van der Waals surface area contributed by atoms with Crippen LogP contribution in [-0.2, 0) is 17.6 Å².